The number of nitrogens with one attached hydrogen (secondary N) is 2. The van der Waals surface area contributed by atoms with Crippen molar-refractivity contribution in [1.29, 1.82) is 0 Å². The van der Waals surface area contributed by atoms with Gasteiger partial charge in [-0.3, -0.25) is 9.59 Å². The predicted octanol–water partition coefficient (Wildman–Crippen LogP) is 2.17. The molecule has 0 saturated heterocycles. The molecule has 0 radical (unpaired) electrons. The van der Waals surface area contributed by atoms with Gasteiger partial charge in [-0.15, -0.1) is 0 Å². The van der Waals surface area contributed by atoms with Crippen LogP contribution >= 0.6 is 0 Å². The Kier molecular flexibility index (Phi) is 5.08. The molecule has 0 aliphatic carbocycles. The van der Waals surface area contributed by atoms with Crippen LogP contribution in [0.15, 0.2) is 41.3 Å². The first kappa shape index (κ1) is 17.7. The first-order valence-corrected chi connectivity index (χ1v) is 7.01. The predicted molar refractivity (Wildman–Crippen MR) is 80.5 cm³/mol. The highest BCUT2D eigenvalue weighted by Gasteiger charge is 2.30. The molecule has 0 spiro atoms. The van der Waals surface area contributed by atoms with E-state index in [1.54, 1.807) is 6.92 Å². The van der Waals surface area contributed by atoms with E-state index < -0.39 is 29.2 Å². The lowest BCUT2D eigenvalue weighted by Gasteiger charge is -2.14. The molecule has 0 fully saturated rings. The van der Waals surface area contributed by atoms with Crippen molar-refractivity contribution in [2.75, 3.05) is 6.54 Å². The number of aliphatic hydroxyl groups is 1. The lowest BCUT2D eigenvalue weighted by atomic mass is 10.1. The molecule has 1 heterocycles. The van der Waals surface area contributed by atoms with E-state index in [4.69, 9.17) is 0 Å². The van der Waals surface area contributed by atoms with Gasteiger partial charge in [0.05, 0.1) is 11.7 Å². The van der Waals surface area contributed by atoms with E-state index in [1.807, 2.05) is 0 Å². The van der Waals surface area contributed by atoms with Gasteiger partial charge < -0.3 is 15.4 Å². The Morgan fingerprint density at radius 2 is 2.04 bits per heavy atom. The molecule has 0 saturated carbocycles. The number of aromatic amines is 1. The third kappa shape index (κ3) is 4.23. The van der Waals surface area contributed by atoms with Crippen molar-refractivity contribution in [3.05, 3.63) is 69.1 Å². The Labute approximate surface area is 135 Å². The van der Waals surface area contributed by atoms with Crippen LogP contribution in [0.25, 0.3) is 0 Å². The molecule has 3 N–H and O–H groups in total. The SMILES string of the molecule is Cc1cc(=O)c(C(=O)NCC(O)c2cccc(C(F)(F)F)c2)c[nH]1. The van der Waals surface area contributed by atoms with Gasteiger partial charge in [-0.2, -0.15) is 13.2 Å². The van der Waals surface area contributed by atoms with Crippen LogP contribution in [0.3, 0.4) is 0 Å². The Balaban J connectivity index is 2.06. The van der Waals surface area contributed by atoms with Crippen molar-refractivity contribution >= 4 is 5.91 Å². The summed E-state index contributed by atoms with van der Waals surface area (Å²) in [7, 11) is 0. The number of aryl methyl sites for hydroxylation is 1. The molecule has 24 heavy (non-hydrogen) atoms. The third-order valence-electron chi connectivity index (χ3n) is 3.36. The van der Waals surface area contributed by atoms with Gasteiger partial charge in [0, 0.05) is 24.5 Å². The summed E-state index contributed by atoms with van der Waals surface area (Å²) in [6.07, 6.45) is -4.61. The second-order valence-corrected chi connectivity index (χ2v) is 5.24. The van der Waals surface area contributed by atoms with E-state index in [2.05, 4.69) is 10.3 Å². The quantitative estimate of drug-likeness (QED) is 0.798. The van der Waals surface area contributed by atoms with Crippen LogP contribution in [0, 0.1) is 6.92 Å². The van der Waals surface area contributed by atoms with Crippen LogP contribution < -0.4 is 10.7 Å². The highest BCUT2D eigenvalue weighted by Crippen LogP contribution is 2.30. The topological polar surface area (TPSA) is 82.2 Å². The Morgan fingerprint density at radius 3 is 2.67 bits per heavy atom. The van der Waals surface area contributed by atoms with Crippen LogP contribution in [-0.4, -0.2) is 22.5 Å². The number of H-pyrrole nitrogens is 1. The standard InChI is InChI=1S/C16H15F3N2O3/c1-9-5-13(22)12(7-20-9)15(24)21-8-14(23)10-3-2-4-11(6-10)16(17,18)19/h2-7,14,23H,8H2,1H3,(H,20,22)(H,21,24). The smallest absolute Gasteiger partial charge is 0.387 e. The van der Waals surface area contributed by atoms with E-state index >= 15 is 0 Å². The molecule has 1 unspecified atom stereocenters. The number of hydrogen-bond donors (Lipinski definition) is 3. The minimum atomic E-state index is -4.52. The van der Waals surface area contributed by atoms with Crippen molar-refractivity contribution in [2.24, 2.45) is 0 Å². The second kappa shape index (κ2) is 6.88. The van der Waals surface area contributed by atoms with Gasteiger partial charge in [-0.1, -0.05) is 12.1 Å². The highest BCUT2D eigenvalue weighted by atomic mass is 19.4. The largest absolute Gasteiger partial charge is 0.416 e. The summed E-state index contributed by atoms with van der Waals surface area (Å²) in [5, 5.41) is 12.3. The number of carbonyl (C=O) groups is 1. The van der Waals surface area contributed by atoms with Crippen molar-refractivity contribution < 1.29 is 23.1 Å². The minimum Gasteiger partial charge on any atom is -0.387 e. The van der Waals surface area contributed by atoms with Crippen LogP contribution in [0.5, 0.6) is 0 Å². The number of benzene rings is 1. The van der Waals surface area contributed by atoms with Gasteiger partial charge in [-0.25, -0.2) is 0 Å². The molecular formula is C16H15F3N2O3. The average Bonchev–Trinajstić information content (AvgIpc) is 2.51. The number of carbonyl (C=O) groups excluding carboxylic acids is 1. The average molecular weight is 340 g/mol. The molecule has 1 amide bonds. The maximum absolute atomic E-state index is 12.7. The summed E-state index contributed by atoms with van der Waals surface area (Å²) in [6.45, 7) is 1.33. The molecule has 0 aliphatic heterocycles. The summed E-state index contributed by atoms with van der Waals surface area (Å²) >= 11 is 0. The van der Waals surface area contributed by atoms with Crippen molar-refractivity contribution in [3.63, 3.8) is 0 Å². The molecule has 1 aromatic carbocycles. The molecule has 2 rings (SSSR count). The van der Waals surface area contributed by atoms with Gasteiger partial charge >= 0.3 is 6.18 Å². The first-order chi connectivity index (χ1) is 11.2. The number of pyridine rings is 1. The van der Waals surface area contributed by atoms with E-state index in [-0.39, 0.29) is 17.7 Å². The van der Waals surface area contributed by atoms with Crippen molar-refractivity contribution in [2.45, 2.75) is 19.2 Å². The molecule has 0 bridgehead atoms. The number of aromatic nitrogens is 1. The summed E-state index contributed by atoms with van der Waals surface area (Å²) in [5.41, 5.74) is -0.919. The maximum Gasteiger partial charge on any atom is 0.416 e. The Hall–Kier alpha value is -2.61. The summed E-state index contributed by atoms with van der Waals surface area (Å²) in [5.74, 6) is -0.720. The lowest BCUT2D eigenvalue weighted by Crippen LogP contribution is -2.32. The zero-order valence-corrected chi connectivity index (χ0v) is 12.6. The van der Waals surface area contributed by atoms with Gasteiger partial charge in [0.25, 0.3) is 5.91 Å². The summed E-state index contributed by atoms with van der Waals surface area (Å²) in [4.78, 5) is 26.3. The van der Waals surface area contributed by atoms with E-state index in [0.717, 1.165) is 12.1 Å². The fourth-order valence-electron chi connectivity index (χ4n) is 2.08. The Morgan fingerprint density at radius 1 is 1.33 bits per heavy atom. The first-order valence-electron chi connectivity index (χ1n) is 7.01. The summed E-state index contributed by atoms with van der Waals surface area (Å²) < 4.78 is 38.0. The number of hydrogen-bond acceptors (Lipinski definition) is 3. The molecule has 1 atom stereocenters. The van der Waals surface area contributed by atoms with Gasteiger partial charge in [0.1, 0.15) is 5.56 Å². The molecule has 5 nitrogen and oxygen atoms in total. The van der Waals surface area contributed by atoms with Crippen molar-refractivity contribution in [1.82, 2.24) is 10.3 Å². The van der Waals surface area contributed by atoms with Crippen LogP contribution in [-0.2, 0) is 6.18 Å². The fraction of sp³-hybridized carbons (Fsp3) is 0.250. The molecule has 2 aromatic rings. The van der Waals surface area contributed by atoms with Gasteiger partial charge in [0.2, 0.25) is 0 Å². The normalized spacial score (nSPS) is 12.7. The maximum atomic E-state index is 12.7. The van der Waals surface area contributed by atoms with Crippen molar-refractivity contribution in [3.8, 4) is 0 Å². The molecule has 8 heteroatoms. The lowest BCUT2D eigenvalue weighted by molar-refractivity contribution is -0.137. The molecular weight excluding hydrogens is 325 g/mol. The number of alkyl halides is 3. The monoisotopic (exact) mass is 340 g/mol. The zero-order chi connectivity index (χ0) is 17.9. The molecule has 128 valence electrons. The Bertz CT molecular complexity index is 800. The van der Waals surface area contributed by atoms with E-state index in [1.165, 1.54) is 24.4 Å². The van der Waals surface area contributed by atoms with Gasteiger partial charge in [-0.05, 0) is 24.6 Å². The van der Waals surface area contributed by atoms with Crippen LogP contribution in [0.2, 0.25) is 0 Å². The molecule has 1 aromatic heterocycles. The van der Waals surface area contributed by atoms with E-state index in [0.29, 0.717) is 5.69 Å². The van der Waals surface area contributed by atoms with Crippen LogP contribution in [0.1, 0.15) is 33.3 Å². The zero-order valence-electron chi connectivity index (χ0n) is 12.6. The van der Waals surface area contributed by atoms with E-state index in [9.17, 15) is 27.9 Å². The number of rotatable bonds is 4. The summed E-state index contributed by atoms with van der Waals surface area (Å²) in [6, 6.07) is 5.45. The second-order valence-electron chi connectivity index (χ2n) is 5.24. The number of aliphatic hydroxyl groups excluding tert-OH is 1. The number of amides is 1. The third-order valence-corrected chi connectivity index (χ3v) is 3.36. The fourth-order valence-corrected chi connectivity index (χ4v) is 2.08. The minimum absolute atomic E-state index is 0.0166. The molecule has 0 aliphatic rings. The number of halogens is 3. The highest BCUT2D eigenvalue weighted by molar-refractivity contribution is 5.93. The van der Waals surface area contributed by atoms with Crippen LogP contribution in [0.4, 0.5) is 13.2 Å². The van der Waals surface area contributed by atoms with Gasteiger partial charge in [0.15, 0.2) is 5.43 Å².